The summed E-state index contributed by atoms with van der Waals surface area (Å²) >= 11 is 0. The molecule has 1 heterocycles. The molecule has 140 valence electrons. The fraction of sp³-hybridized carbons (Fsp3) is 0.474. The monoisotopic (exact) mass is 375 g/mol. The minimum absolute atomic E-state index is 0.0401. The number of sulfone groups is 1. The molecule has 7 heteroatoms. The van der Waals surface area contributed by atoms with Crippen LogP contribution >= 0.6 is 0 Å². The number of nitrogens with zero attached hydrogens (tertiary/aromatic N) is 3. The van der Waals surface area contributed by atoms with E-state index in [-0.39, 0.29) is 23.5 Å². The fourth-order valence-electron chi connectivity index (χ4n) is 3.03. The second-order valence-electron chi connectivity index (χ2n) is 6.82. The van der Waals surface area contributed by atoms with Crippen molar-refractivity contribution < 1.29 is 13.2 Å². The normalized spacial score (nSPS) is 18.9. The van der Waals surface area contributed by atoms with E-state index in [0.717, 1.165) is 18.5 Å². The molecular formula is C19H25N3O3S. The van der Waals surface area contributed by atoms with Crippen molar-refractivity contribution in [2.45, 2.75) is 18.9 Å². The molecule has 1 atom stereocenters. The van der Waals surface area contributed by atoms with Gasteiger partial charge in [0.2, 0.25) is 5.91 Å². The lowest BCUT2D eigenvalue weighted by Crippen LogP contribution is -2.41. The largest absolute Gasteiger partial charge is 0.335 e. The molecule has 0 N–H and O–H groups in total. The molecule has 1 amide bonds. The molecular weight excluding hydrogens is 350 g/mol. The lowest BCUT2D eigenvalue weighted by molar-refractivity contribution is -0.127. The summed E-state index contributed by atoms with van der Waals surface area (Å²) in [5.41, 5.74) is 1.30. The van der Waals surface area contributed by atoms with Crippen LogP contribution in [-0.2, 0) is 14.6 Å². The number of amides is 1. The van der Waals surface area contributed by atoms with E-state index in [9.17, 15) is 13.2 Å². The van der Waals surface area contributed by atoms with Crippen LogP contribution in [0.3, 0.4) is 0 Å². The first-order valence-corrected chi connectivity index (χ1v) is 10.5. The van der Waals surface area contributed by atoms with Gasteiger partial charge < -0.3 is 9.80 Å². The van der Waals surface area contributed by atoms with Gasteiger partial charge in [-0.3, -0.25) is 4.79 Å². The molecule has 1 aromatic rings. The molecule has 2 rings (SSSR count). The minimum Gasteiger partial charge on any atom is -0.335 e. The summed E-state index contributed by atoms with van der Waals surface area (Å²) in [5, 5.41) is 8.95. The standard InChI is InChI=1S/C19H25N3O3S/c1-21(2)10-4-11-22(18-9-12-26(24,25)15-18)19(23)8-7-16-5-3-6-17(13-16)14-20/h3,5-8,13,18H,4,9-12,15H2,1-2H3/b8-7+. The van der Waals surface area contributed by atoms with Crippen LogP contribution in [0.1, 0.15) is 24.0 Å². The van der Waals surface area contributed by atoms with Crippen LogP contribution in [-0.4, -0.2) is 68.9 Å². The van der Waals surface area contributed by atoms with Crippen molar-refractivity contribution in [3.63, 3.8) is 0 Å². The van der Waals surface area contributed by atoms with E-state index in [1.54, 1.807) is 29.2 Å². The van der Waals surface area contributed by atoms with Crippen LogP contribution in [0.4, 0.5) is 0 Å². The maximum atomic E-state index is 12.7. The molecule has 0 aliphatic carbocycles. The van der Waals surface area contributed by atoms with E-state index >= 15 is 0 Å². The predicted molar refractivity (Wildman–Crippen MR) is 102 cm³/mol. The zero-order chi connectivity index (χ0) is 19.2. The number of rotatable bonds is 7. The van der Waals surface area contributed by atoms with Crippen LogP contribution in [0, 0.1) is 11.3 Å². The summed E-state index contributed by atoms with van der Waals surface area (Å²) in [4.78, 5) is 16.4. The topological polar surface area (TPSA) is 81.5 Å². The lowest BCUT2D eigenvalue weighted by atomic mass is 10.1. The van der Waals surface area contributed by atoms with E-state index in [1.165, 1.54) is 6.08 Å². The Morgan fingerprint density at radius 2 is 2.12 bits per heavy atom. The third-order valence-corrected chi connectivity index (χ3v) is 6.12. The molecule has 0 aromatic heterocycles. The Balaban J connectivity index is 2.11. The second-order valence-corrected chi connectivity index (χ2v) is 9.04. The molecule has 1 unspecified atom stereocenters. The molecule has 1 aromatic carbocycles. The third-order valence-electron chi connectivity index (χ3n) is 4.37. The van der Waals surface area contributed by atoms with Crippen molar-refractivity contribution in [1.82, 2.24) is 9.80 Å². The Bertz CT molecular complexity index is 810. The fourth-order valence-corrected chi connectivity index (χ4v) is 4.76. The van der Waals surface area contributed by atoms with E-state index in [4.69, 9.17) is 5.26 Å². The van der Waals surface area contributed by atoms with Crippen LogP contribution in [0.2, 0.25) is 0 Å². The van der Waals surface area contributed by atoms with Crippen molar-refractivity contribution in [1.29, 1.82) is 5.26 Å². The van der Waals surface area contributed by atoms with Crippen molar-refractivity contribution in [2.75, 3.05) is 38.7 Å². The van der Waals surface area contributed by atoms with E-state index in [0.29, 0.717) is 18.5 Å². The first kappa shape index (κ1) is 20.1. The van der Waals surface area contributed by atoms with Gasteiger partial charge in [-0.1, -0.05) is 12.1 Å². The molecule has 26 heavy (non-hydrogen) atoms. The summed E-state index contributed by atoms with van der Waals surface area (Å²) in [5.74, 6) is -0.00477. The highest BCUT2D eigenvalue weighted by atomic mass is 32.2. The van der Waals surface area contributed by atoms with Gasteiger partial charge in [-0.2, -0.15) is 5.26 Å². The molecule has 1 aliphatic heterocycles. The number of nitriles is 1. The zero-order valence-corrected chi connectivity index (χ0v) is 16.1. The number of hydrogen-bond donors (Lipinski definition) is 0. The molecule has 1 fully saturated rings. The quantitative estimate of drug-likeness (QED) is 0.675. The summed E-state index contributed by atoms with van der Waals surface area (Å²) < 4.78 is 23.6. The van der Waals surface area contributed by atoms with Crippen molar-refractivity contribution >= 4 is 21.8 Å². The average Bonchev–Trinajstić information content (AvgIpc) is 2.96. The average molecular weight is 375 g/mol. The summed E-state index contributed by atoms with van der Waals surface area (Å²) in [7, 11) is 0.877. The van der Waals surface area contributed by atoms with E-state index in [1.807, 2.05) is 25.1 Å². The van der Waals surface area contributed by atoms with Gasteiger partial charge in [-0.05, 0) is 57.3 Å². The Hall–Kier alpha value is -2.17. The smallest absolute Gasteiger partial charge is 0.246 e. The van der Waals surface area contributed by atoms with Crippen molar-refractivity contribution in [3.8, 4) is 6.07 Å². The van der Waals surface area contributed by atoms with Gasteiger partial charge in [0.1, 0.15) is 0 Å². The molecule has 0 radical (unpaired) electrons. The predicted octanol–water partition coefficient (Wildman–Crippen LogP) is 1.54. The van der Waals surface area contributed by atoms with Gasteiger partial charge in [-0.15, -0.1) is 0 Å². The summed E-state index contributed by atoms with van der Waals surface area (Å²) in [6, 6.07) is 8.81. The highest BCUT2D eigenvalue weighted by molar-refractivity contribution is 7.91. The number of carbonyl (C=O) groups excluding carboxylic acids is 1. The number of benzene rings is 1. The van der Waals surface area contributed by atoms with Crippen molar-refractivity contribution in [3.05, 3.63) is 41.5 Å². The van der Waals surface area contributed by atoms with Gasteiger partial charge in [0.05, 0.1) is 23.1 Å². The molecule has 0 spiro atoms. The SMILES string of the molecule is CN(C)CCCN(C(=O)/C=C/c1cccc(C#N)c1)C1CCS(=O)(=O)C1. The number of carbonyl (C=O) groups is 1. The maximum Gasteiger partial charge on any atom is 0.246 e. The highest BCUT2D eigenvalue weighted by Crippen LogP contribution is 2.19. The summed E-state index contributed by atoms with van der Waals surface area (Å²) in [6.45, 7) is 1.36. The van der Waals surface area contributed by atoms with Crippen LogP contribution in [0.5, 0.6) is 0 Å². The Labute approximate surface area is 155 Å². The molecule has 6 nitrogen and oxygen atoms in total. The third kappa shape index (κ3) is 5.97. The minimum atomic E-state index is -3.06. The highest BCUT2D eigenvalue weighted by Gasteiger charge is 2.33. The van der Waals surface area contributed by atoms with Gasteiger partial charge >= 0.3 is 0 Å². The second kappa shape index (κ2) is 8.97. The first-order chi connectivity index (χ1) is 12.3. The van der Waals surface area contributed by atoms with Crippen molar-refractivity contribution in [2.24, 2.45) is 0 Å². The molecule has 1 aliphatic rings. The molecule has 1 saturated heterocycles. The van der Waals surface area contributed by atoms with E-state index < -0.39 is 9.84 Å². The van der Waals surface area contributed by atoms with Gasteiger partial charge in [-0.25, -0.2) is 8.42 Å². The Morgan fingerprint density at radius 1 is 1.35 bits per heavy atom. The van der Waals surface area contributed by atoms with Crippen LogP contribution < -0.4 is 0 Å². The van der Waals surface area contributed by atoms with Crippen LogP contribution in [0.25, 0.3) is 6.08 Å². The lowest BCUT2D eigenvalue weighted by Gasteiger charge is -2.27. The zero-order valence-electron chi connectivity index (χ0n) is 15.3. The number of hydrogen-bond acceptors (Lipinski definition) is 5. The van der Waals surface area contributed by atoms with Crippen LogP contribution in [0.15, 0.2) is 30.3 Å². The Kier molecular flexibility index (Phi) is 6.95. The van der Waals surface area contributed by atoms with Gasteiger partial charge in [0.15, 0.2) is 9.84 Å². The van der Waals surface area contributed by atoms with Gasteiger partial charge in [0.25, 0.3) is 0 Å². The summed E-state index contributed by atoms with van der Waals surface area (Å²) in [6.07, 6.45) is 4.42. The molecule has 0 bridgehead atoms. The molecule has 0 saturated carbocycles. The van der Waals surface area contributed by atoms with Gasteiger partial charge in [0, 0.05) is 18.7 Å². The maximum absolute atomic E-state index is 12.7. The Morgan fingerprint density at radius 3 is 2.73 bits per heavy atom. The first-order valence-electron chi connectivity index (χ1n) is 8.65. The van der Waals surface area contributed by atoms with E-state index in [2.05, 4.69) is 6.07 Å².